The van der Waals surface area contributed by atoms with Crippen LogP contribution in [-0.2, 0) is 16.2 Å². The minimum Gasteiger partial charge on any atom is -0.493 e. The van der Waals surface area contributed by atoms with E-state index in [1.807, 2.05) is 30.3 Å². The Labute approximate surface area is 171 Å². The fraction of sp³-hybridized carbons (Fsp3) is 0.150. The molecule has 144 valence electrons. The van der Waals surface area contributed by atoms with Gasteiger partial charge >= 0.3 is 5.97 Å². The minimum atomic E-state index is -1.11. The number of thiocarbonyl (C=S) groups is 1. The predicted molar refractivity (Wildman–Crippen MR) is 111 cm³/mol. The predicted octanol–water partition coefficient (Wildman–Crippen LogP) is 3.56. The van der Waals surface area contributed by atoms with Crippen molar-refractivity contribution in [1.82, 2.24) is 4.90 Å². The molecule has 1 heterocycles. The average molecular weight is 415 g/mol. The molecule has 1 aliphatic heterocycles. The number of nitrogens with zero attached hydrogens (tertiary/aromatic N) is 1. The van der Waals surface area contributed by atoms with E-state index in [9.17, 15) is 9.59 Å². The van der Waals surface area contributed by atoms with E-state index in [2.05, 4.69) is 0 Å². The van der Waals surface area contributed by atoms with E-state index in [-0.39, 0.29) is 4.32 Å². The van der Waals surface area contributed by atoms with Gasteiger partial charge in [0.05, 0.1) is 12.0 Å². The molecule has 8 heteroatoms. The van der Waals surface area contributed by atoms with Crippen LogP contribution in [0.15, 0.2) is 53.4 Å². The van der Waals surface area contributed by atoms with Crippen molar-refractivity contribution in [3.8, 4) is 11.5 Å². The topological polar surface area (TPSA) is 76.1 Å². The van der Waals surface area contributed by atoms with Gasteiger partial charge in [-0.1, -0.05) is 60.4 Å². The Morgan fingerprint density at radius 3 is 2.64 bits per heavy atom. The molecule has 2 aromatic carbocycles. The highest BCUT2D eigenvalue weighted by Crippen LogP contribution is 2.34. The lowest BCUT2D eigenvalue weighted by Crippen LogP contribution is -2.33. The van der Waals surface area contributed by atoms with Crippen molar-refractivity contribution in [3.63, 3.8) is 0 Å². The number of hydrogen-bond acceptors (Lipinski definition) is 6. The van der Waals surface area contributed by atoms with Gasteiger partial charge in [-0.3, -0.25) is 14.5 Å². The van der Waals surface area contributed by atoms with Gasteiger partial charge in [0.15, 0.2) is 11.5 Å². The number of methoxy groups -OCH3 is 1. The van der Waals surface area contributed by atoms with Crippen LogP contribution in [0.1, 0.15) is 11.1 Å². The molecule has 0 saturated carbocycles. The molecule has 2 aromatic rings. The van der Waals surface area contributed by atoms with Crippen LogP contribution in [0.25, 0.3) is 6.08 Å². The number of carbonyl (C=O) groups is 2. The van der Waals surface area contributed by atoms with Crippen LogP contribution in [0.4, 0.5) is 0 Å². The normalized spacial score (nSPS) is 15.2. The van der Waals surface area contributed by atoms with Crippen LogP contribution in [0.3, 0.4) is 0 Å². The summed E-state index contributed by atoms with van der Waals surface area (Å²) >= 11 is 6.19. The first kappa shape index (κ1) is 19.9. The lowest BCUT2D eigenvalue weighted by Gasteiger charge is -2.12. The number of rotatable bonds is 7. The number of carboxylic acid groups (broad SMARTS) is 1. The van der Waals surface area contributed by atoms with Gasteiger partial charge in [0.1, 0.15) is 17.5 Å². The molecular weight excluding hydrogens is 398 g/mol. The summed E-state index contributed by atoms with van der Waals surface area (Å²) in [6.07, 6.45) is 1.66. The molecule has 1 amide bonds. The summed E-state index contributed by atoms with van der Waals surface area (Å²) in [4.78, 5) is 24.7. The van der Waals surface area contributed by atoms with Crippen LogP contribution >= 0.6 is 24.0 Å². The van der Waals surface area contributed by atoms with Gasteiger partial charge in [-0.05, 0) is 29.3 Å². The van der Waals surface area contributed by atoms with Crippen LogP contribution in [0.5, 0.6) is 11.5 Å². The van der Waals surface area contributed by atoms with Gasteiger partial charge in [-0.2, -0.15) is 0 Å². The first-order valence-corrected chi connectivity index (χ1v) is 9.52. The van der Waals surface area contributed by atoms with Gasteiger partial charge in [0.2, 0.25) is 0 Å². The van der Waals surface area contributed by atoms with Gasteiger partial charge in [0, 0.05) is 0 Å². The first-order chi connectivity index (χ1) is 13.5. The summed E-state index contributed by atoms with van der Waals surface area (Å²) in [5, 5.41) is 8.92. The van der Waals surface area contributed by atoms with Crippen LogP contribution in [-0.4, -0.2) is 39.9 Å². The fourth-order valence-electron chi connectivity index (χ4n) is 2.55. The molecule has 6 nitrogen and oxygen atoms in total. The third-order valence-electron chi connectivity index (χ3n) is 3.89. The number of hydrogen-bond donors (Lipinski definition) is 1. The van der Waals surface area contributed by atoms with Gasteiger partial charge < -0.3 is 14.6 Å². The van der Waals surface area contributed by atoms with E-state index in [1.54, 1.807) is 31.4 Å². The smallest absolute Gasteiger partial charge is 0.323 e. The second-order valence-corrected chi connectivity index (χ2v) is 7.52. The monoisotopic (exact) mass is 415 g/mol. The highest BCUT2D eigenvalue weighted by molar-refractivity contribution is 8.26. The van der Waals surface area contributed by atoms with Crippen molar-refractivity contribution in [2.24, 2.45) is 0 Å². The zero-order valence-electron chi connectivity index (χ0n) is 15.0. The average Bonchev–Trinajstić information content (AvgIpc) is 2.94. The molecule has 0 aromatic heterocycles. The van der Waals surface area contributed by atoms with E-state index >= 15 is 0 Å². The molecule has 1 N–H and O–H groups in total. The Morgan fingerprint density at radius 1 is 1.21 bits per heavy atom. The van der Waals surface area contributed by atoms with E-state index in [4.69, 9.17) is 26.8 Å². The summed E-state index contributed by atoms with van der Waals surface area (Å²) in [5.41, 5.74) is 1.74. The Morgan fingerprint density at radius 2 is 1.96 bits per heavy atom. The lowest BCUT2D eigenvalue weighted by atomic mass is 10.1. The van der Waals surface area contributed by atoms with Gasteiger partial charge in [-0.25, -0.2) is 0 Å². The molecule has 0 radical (unpaired) electrons. The molecule has 1 fully saturated rings. The van der Waals surface area contributed by atoms with E-state index < -0.39 is 18.4 Å². The zero-order chi connectivity index (χ0) is 20.1. The van der Waals surface area contributed by atoms with Crippen molar-refractivity contribution in [3.05, 3.63) is 64.6 Å². The molecule has 0 bridgehead atoms. The molecule has 0 atom stereocenters. The summed E-state index contributed by atoms with van der Waals surface area (Å²) in [5.74, 6) is -0.411. The molecule has 0 unspecified atom stereocenters. The van der Waals surface area contributed by atoms with Gasteiger partial charge in [-0.15, -0.1) is 0 Å². The highest BCUT2D eigenvalue weighted by Gasteiger charge is 2.33. The number of amides is 1. The Hall–Kier alpha value is -2.84. The van der Waals surface area contributed by atoms with Crippen LogP contribution in [0.2, 0.25) is 0 Å². The van der Waals surface area contributed by atoms with Gasteiger partial charge in [0.25, 0.3) is 5.91 Å². The molecule has 1 aliphatic rings. The Bertz CT molecular complexity index is 943. The minimum absolute atomic E-state index is 0.229. The fourth-order valence-corrected chi connectivity index (χ4v) is 3.81. The second-order valence-electron chi connectivity index (χ2n) is 5.85. The number of thioether (sulfide) groups is 1. The third-order valence-corrected chi connectivity index (χ3v) is 5.27. The zero-order valence-corrected chi connectivity index (χ0v) is 16.6. The Balaban J connectivity index is 1.81. The van der Waals surface area contributed by atoms with Crippen molar-refractivity contribution in [1.29, 1.82) is 0 Å². The quantitative estimate of drug-likeness (QED) is 0.547. The highest BCUT2D eigenvalue weighted by atomic mass is 32.2. The maximum absolute atomic E-state index is 12.4. The maximum atomic E-state index is 12.4. The summed E-state index contributed by atoms with van der Waals surface area (Å²) in [6, 6.07) is 15.0. The van der Waals surface area contributed by atoms with Crippen molar-refractivity contribution in [2.75, 3.05) is 13.7 Å². The molecule has 28 heavy (non-hydrogen) atoms. The van der Waals surface area contributed by atoms with E-state index in [1.165, 1.54) is 0 Å². The number of carbonyl (C=O) groups excluding carboxylic acids is 1. The van der Waals surface area contributed by atoms with Crippen LogP contribution in [0, 0.1) is 0 Å². The van der Waals surface area contributed by atoms with Crippen molar-refractivity contribution in [2.45, 2.75) is 6.61 Å². The number of benzene rings is 2. The summed E-state index contributed by atoms with van der Waals surface area (Å²) < 4.78 is 11.5. The molecule has 3 rings (SSSR count). The summed E-state index contributed by atoms with van der Waals surface area (Å²) in [7, 11) is 1.56. The molecule has 1 saturated heterocycles. The van der Waals surface area contributed by atoms with E-state index in [0.29, 0.717) is 23.0 Å². The van der Waals surface area contributed by atoms with Crippen molar-refractivity contribution >= 4 is 46.3 Å². The lowest BCUT2D eigenvalue weighted by molar-refractivity contribution is -0.140. The largest absolute Gasteiger partial charge is 0.493 e. The SMILES string of the molecule is COc1ccc(/C=C2\SC(=S)N(CC(=O)O)C2=O)cc1OCc1ccccc1. The standard InChI is InChI=1S/C20H17NO5S2/c1-25-15-8-7-14(9-16(15)26-12-13-5-3-2-4-6-13)10-17-19(24)21(11-18(22)23)20(27)28-17/h2-10H,11-12H2,1H3,(H,22,23)/b17-10-. The molecule has 0 aliphatic carbocycles. The number of aliphatic carboxylic acids is 1. The molecular formula is C20H17NO5S2. The van der Waals surface area contributed by atoms with E-state index in [0.717, 1.165) is 27.8 Å². The van der Waals surface area contributed by atoms with Crippen LogP contribution < -0.4 is 9.47 Å². The molecule has 0 spiro atoms. The second kappa shape index (κ2) is 8.90. The summed E-state index contributed by atoms with van der Waals surface area (Å²) in [6.45, 7) is -0.0720. The third kappa shape index (κ3) is 4.71. The maximum Gasteiger partial charge on any atom is 0.323 e. The first-order valence-electron chi connectivity index (χ1n) is 8.30. The number of ether oxygens (including phenoxy) is 2. The van der Waals surface area contributed by atoms with Crippen molar-refractivity contribution < 1.29 is 24.2 Å². The Kier molecular flexibility index (Phi) is 6.33. The number of carboxylic acids is 1.